The number of anilines is 1. The molecular formula is C19H21ClN6O2S2. The van der Waals surface area contributed by atoms with E-state index in [0.717, 1.165) is 10.6 Å². The van der Waals surface area contributed by atoms with Gasteiger partial charge >= 0.3 is 0 Å². The molecule has 0 aliphatic rings. The fourth-order valence-corrected chi connectivity index (χ4v) is 4.19. The molecule has 0 radical (unpaired) electrons. The van der Waals surface area contributed by atoms with E-state index in [1.165, 1.54) is 23.1 Å². The normalized spacial score (nSPS) is 11.9. The predicted octanol–water partition coefficient (Wildman–Crippen LogP) is 3.59. The molecule has 2 N–H and O–H groups in total. The van der Waals surface area contributed by atoms with Crippen LogP contribution < -0.4 is 10.6 Å². The van der Waals surface area contributed by atoms with Gasteiger partial charge in [-0.05, 0) is 45.0 Å². The van der Waals surface area contributed by atoms with Crippen molar-refractivity contribution in [3.8, 4) is 0 Å². The second-order valence-corrected chi connectivity index (χ2v) is 9.50. The summed E-state index contributed by atoms with van der Waals surface area (Å²) in [5, 5.41) is 15.2. The van der Waals surface area contributed by atoms with Gasteiger partial charge in [-0.15, -0.1) is 21.5 Å². The van der Waals surface area contributed by atoms with E-state index in [1.807, 2.05) is 13.8 Å². The number of carbonyl (C=O) groups excluding carboxylic acids is 2. The Bertz CT molecular complexity index is 1040. The van der Waals surface area contributed by atoms with E-state index in [-0.39, 0.29) is 18.4 Å². The Morgan fingerprint density at radius 1 is 1.23 bits per heavy atom. The predicted molar refractivity (Wildman–Crippen MR) is 119 cm³/mol. The van der Waals surface area contributed by atoms with Crippen molar-refractivity contribution < 1.29 is 9.59 Å². The molecule has 3 rings (SSSR count). The zero-order chi connectivity index (χ0) is 21.8. The Morgan fingerprint density at radius 3 is 2.57 bits per heavy atom. The molecule has 0 saturated carbocycles. The summed E-state index contributed by atoms with van der Waals surface area (Å²) in [5.41, 5.74) is 1.42. The summed E-state index contributed by atoms with van der Waals surface area (Å²) < 4.78 is 1.76. The molecule has 8 nitrogen and oxygen atoms in total. The number of hydrogen-bond acceptors (Lipinski definition) is 7. The van der Waals surface area contributed by atoms with E-state index >= 15 is 0 Å². The van der Waals surface area contributed by atoms with Crippen molar-refractivity contribution in [3.63, 3.8) is 0 Å². The molecule has 1 aromatic carbocycles. The smallest absolute Gasteiger partial charge is 0.251 e. The Labute approximate surface area is 187 Å². The van der Waals surface area contributed by atoms with Crippen LogP contribution in [-0.2, 0) is 18.4 Å². The van der Waals surface area contributed by atoms with E-state index in [1.54, 1.807) is 42.8 Å². The molecular weight excluding hydrogens is 444 g/mol. The van der Waals surface area contributed by atoms with Crippen LogP contribution in [0.3, 0.4) is 0 Å². The lowest BCUT2D eigenvalue weighted by Gasteiger charge is -2.10. The molecule has 0 fully saturated rings. The molecule has 0 aliphatic heterocycles. The standard InChI is InChI=1S/C19H21ClN6O2S2/c1-10-11(2)29-18(22-10)23-16(27)12(3)30-19-25-24-15(26(19)4)9-21-17(28)13-5-7-14(20)8-6-13/h5-8,12H,9H2,1-4H3,(H,21,28)(H,22,23,27)/t12-/m1/s1. The van der Waals surface area contributed by atoms with Gasteiger partial charge in [0, 0.05) is 22.5 Å². The number of halogens is 1. The largest absolute Gasteiger partial charge is 0.345 e. The maximum atomic E-state index is 12.5. The monoisotopic (exact) mass is 464 g/mol. The molecule has 0 spiro atoms. The van der Waals surface area contributed by atoms with Crippen LogP contribution in [0.2, 0.25) is 5.02 Å². The fraction of sp³-hybridized carbons (Fsp3) is 0.316. The molecule has 0 unspecified atom stereocenters. The summed E-state index contributed by atoms with van der Waals surface area (Å²) in [6.07, 6.45) is 0. The average molecular weight is 465 g/mol. The summed E-state index contributed by atoms with van der Waals surface area (Å²) in [6, 6.07) is 6.63. The Morgan fingerprint density at radius 2 is 1.93 bits per heavy atom. The van der Waals surface area contributed by atoms with E-state index < -0.39 is 5.25 Å². The van der Waals surface area contributed by atoms with Gasteiger partial charge < -0.3 is 15.2 Å². The third-order valence-electron chi connectivity index (χ3n) is 4.35. The molecule has 0 aliphatic carbocycles. The number of carbonyl (C=O) groups is 2. The summed E-state index contributed by atoms with van der Waals surface area (Å²) in [4.78, 5) is 30.1. The molecule has 30 heavy (non-hydrogen) atoms. The molecule has 2 heterocycles. The van der Waals surface area contributed by atoms with Crippen molar-refractivity contribution in [1.29, 1.82) is 0 Å². The number of thiazole rings is 1. The van der Waals surface area contributed by atoms with Crippen LogP contribution in [0, 0.1) is 13.8 Å². The molecule has 0 bridgehead atoms. The topological polar surface area (TPSA) is 102 Å². The van der Waals surface area contributed by atoms with Crippen molar-refractivity contribution in [1.82, 2.24) is 25.1 Å². The first kappa shape index (κ1) is 22.3. The van der Waals surface area contributed by atoms with Gasteiger partial charge in [0.05, 0.1) is 17.5 Å². The maximum absolute atomic E-state index is 12.5. The Kier molecular flexibility index (Phi) is 7.11. The molecule has 2 aromatic heterocycles. The third-order valence-corrected chi connectivity index (χ3v) is 6.72. The van der Waals surface area contributed by atoms with Crippen molar-refractivity contribution >= 4 is 51.6 Å². The Balaban J connectivity index is 1.56. The average Bonchev–Trinajstić information content (AvgIpc) is 3.21. The van der Waals surface area contributed by atoms with Crippen LogP contribution in [0.5, 0.6) is 0 Å². The fourth-order valence-electron chi connectivity index (χ4n) is 2.41. The second-order valence-electron chi connectivity index (χ2n) is 6.56. The summed E-state index contributed by atoms with van der Waals surface area (Å²) in [7, 11) is 1.80. The minimum atomic E-state index is -0.395. The number of nitrogens with zero attached hydrogens (tertiary/aromatic N) is 4. The van der Waals surface area contributed by atoms with Crippen molar-refractivity contribution in [2.45, 2.75) is 37.7 Å². The molecule has 158 valence electrons. The summed E-state index contributed by atoms with van der Waals surface area (Å²) in [5.74, 6) is 0.193. The van der Waals surface area contributed by atoms with Crippen LogP contribution >= 0.6 is 34.7 Å². The molecule has 11 heteroatoms. The van der Waals surface area contributed by atoms with E-state index in [2.05, 4.69) is 25.8 Å². The van der Waals surface area contributed by atoms with Crippen molar-refractivity contribution in [2.75, 3.05) is 5.32 Å². The van der Waals surface area contributed by atoms with Gasteiger partial charge in [-0.25, -0.2) is 4.98 Å². The summed E-state index contributed by atoms with van der Waals surface area (Å²) in [6.45, 7) is 5.88. The highest BCUT2D eigenvalue weighted by atomic mass is 35.5. The van der Waals surface area contributed by atoms with Crippen LogP contribution in [-0.4, -0.2) is 36.8 Å². The number of aromatic nitrogens is 4. The van der Waals surface area contributed by atoms with E-state index in [0.29, 0.717) is 26.7 Å². The molecule has 2 amide bonds. The minimum absolute atomic E-state index is 0.158. The lowest BCUT2D eigenvalue weighted by molar-refractivity contribution is -0.115. The highest BCUT2D eigenvalue weighted by molar-refractivity contribution is 8.00. The van der Waals surface area contributed by atoms with Crippen LogP contribution in [0.1, 0.15) is 33.7 Å². The highest BCUT2D eigenvalue weighted by Gasteiger charge is 2.20. The van der Waals surface area contributed by atoms with Crippen LogP contribution in [0.15, 0.2) is 29.4 Å². The first-order chi connectivity index (χ1) is 14.2. The molecule has 0 saturated heterocycles. The minimum Gasteiger partial charge on any atom is -0.345 e. The lowest BCUT2D eigenvalue weighted by atomic mass is 10.2. The van der Waals surface area contributed by atoms with Crippen LogP contribution in [0.4, 0.5) is 5.13 Å². The van der Waals surface area contributed by atoms with Gasteiger partial charge in [0.15, 0.2) is 16.1 Å². The number of benzene rings is 1. The summed E-state index contributed by atoms with van der Waals surface area (Å²) >= 11 is 8.58. The first-order valence-corrected chi connectivity index (χ1v) is 11.2. The number of nitrogens with one attached hydrogen (secondary N) is 2. The van der Waals surface area contributed by atoms with Gasteiger partial charge in [0.2, 0.25) is 5.91 Å². The van der Waals surface area contributed by atoms with Gasteiger partial charge in [-0.2, -0.15) is 0 Å². The maximum Gasteiger partial charge on any atom is 0.251 e. The van der Waals surface area contributed by atoms with Gasteiger partial charge in [-0.1, -0.05) is 23.4 Å². The number of thioether (sulfide) groups is 1. The van der Waals surface area contributed by atoms with Crippen molar-refractivity contribution in [2.24, 2.45) is 7.05 Å². The van der Waals surface area contributed by atoms with E-state index in [9.17, 15) is 9.59 Å². The number of aryl methyl sites for hydroxylation is 2. The van der Waals surface area contributed by atoms with Crippen LogP contribution in [0.25, 0.3) is 0 Å². The lowest BCUT2D eigenvalue weighted by Crippen LogP contribution is -2.24. The number of amides is 2. The zero-order valence-corrected chi connectivity index (χ0v) is 19.3. The number of hydrogen-bond donors (Lipinski definition) is 2. The van der Waals surface area contributed by atoms with Gasteiger partial charge in [0.1, 0.15) is 0 Å². The molecule has 1 atom stereocenters. The number of rotatable bonds is 7. The quantitative estimate of drug-likeness (QED) is 0.518. The first-order valence-electron chi connectivity index (χ1n) is 9.08. The SMILES string of the molecule is Cc1nc(NC(=O)[C@@H](C)Sc2nnc(CNC(=O)c3ccc(Cl)cc3)n2C)sc1C. The molecule has 3 aromatic rings. The Hall–Kier alpha value is -2.43. The second kappa shape index (κ2) is 9.59. The highest BCUT2D eigenvalue weighted by Crippen LogP contribution is 2.25. The zero-order valence-electron chi connectivity index (χ0n) is 16.9. The third kappa shape index (κ3) is 5.38. The van der Waals surface area contributed by atoms with Gasteiger partial charge in [0.25, 0.3) is 5.91 Å². The van der Waals surface area contributed by atoms with Crippen molar-refractivity contribution in [3.05, 3.63) is 51.2 Å². The van der Waals surface area contributed by atoms with Gasteiger partial charge in [-0.3, -0.25) is 9.59 Å². The van der Waals surface area contributed by atoms with E-state index in [4.69, 9.17) is 11.6 Å².